The van der Waals surface area contributed by atoms with Gasteiger partial charge in [0.25, 0.3) is 0 Å². The zero-order chi connectivity index (χ0) is 15.5. The van der Waals surface area contributed by atoms with Gasteiger partial charge in [0.1, 0.15) is 11.6 Å². The summed E-state index contributed by atoms with van der Waals surface area (Å²) in [7, 11) is 2.07. The van der Waals surface area contributed by atoms with E-state index in [-0.39, 0.29) is 5.54 Å². The van der Waals surface area contributed by atoms with Gasteiger partial charge in [-0.2, -0.15) is 0 Å². The average molecular weight is 283 g/mol. The van der Waals surface area contributed by atoms with Crippen molar-refractivity contribution in [1.29, 1.82) is 0 Å². The van der Waals surface area contributed by atoms with Crippen LogP contribution in [0.3, 0.4) is 0 Å². The van der Waals surface area contributed by atoms with Gasteiger partial charge < -0.3 is 10.2 Å². The Hall–Kier alpha value is -2.03. The summed E-state index contributed by atoms with van der Waals surface area (Å²) in [5.41, 5.74) is 2.60. The number of aromatic nitrogens is 1. The van der Waals surface area contributed by atoms with Crippen molar-refractivity contribution in [2.45, 2.75) is 39.8 Å². The molecule has 2 aromatic rings. The highest BCUT2D eigenvalue weighted by Gasteiger charge is 2.11. The van der Waals surface area contributed by atoms with E-state index in [0.717, 1.165) is 18.2 Å². The van der Waals surface area contributed by atoms with E-state index in [1.807, 2.05) is 18.2 Å². The van der Waals surface area contributed by atoms with E-state index < -0.39 is 0 Å². The quantitative estimate of drug-likeness (QED) is 0.909. The topological polar surface area (TPSA) is 28.2 Å². The first-order valence-electron chi connectivity index (χ1n) is 7.35. The van der Waals surface area contributed by atoms with Crippen LogP contribution in [-0.4, -0.2) is 17.6 Å². The van der Waals surface area contributed by atoms with Crippen LogP contribution in [0.2, 0.25) is 0 Å². The summed E-state index contributed by atoms with van der Waals surface area (Å²) in [6.07, 6.45) is 0. The van der Waals surface area contributed by atoms with Crippen molar-refractivity contribution in [2.75, 3.05) is 17.3 Å². The summed E-state index contributed by atoms with van der Waals surface area (Å²) in [4.78, 5) is 6.86. The molecule has 112 valence electrons. The normalized spacial score (nSPS) is 11.3. The van der Waals surface area contributed by atoms with E-state index in [0.29, 0.717) is 0 Å². The monoisotopic (exact) mass is 283 g/mol. The molecular formula is C18H25N3. The third-order valence-electron chi connectivity index (χ3n) is 3.13. The van der Waals surface area contributed by atoms with Crippen LogP contribution >= 0.6 is 0 Å². The molecule has 1 N–H and O–H groups in total. The summed E-state index contributed by atoms with van der Waals surface area (Å²) >= 11 is 0. The lowest BCUT2D eigenvalue weighted by Crippen LogP contribution is -2.27. The molecule has 1 aromatic carbocycles. The highest BCUT2D eigenvalue weighted by molar-refractivity contribution is 5.48. The molecule has 0 saturated heterocycles. The van der Waals surface area contributed by atoms with Gasteiger partial charge in [-0.1, -0.05) is 35.9 Å². The van der Waals surface area contributed by atoms with Crippen LogP contribution in [0, 0.1) is 6.92 Å². The highest BCUT2D eigenvalue weighted by atomic mass is 15.2. The molecule has 21 heavy (non-hydrogen) atoms. The lowest BCUT2D eigenvalue weighted by atomic mass is 10.1. The fourth-order valence-corrected chi connectivity index (χ4v) is 2.26. The van der Waals surface area contributed by atoms with Gasteiger partial charge in [0.15, 0.2) is 0 Å². The highest BCUT2D eigenvalue weighted by Crippen LogP contribution is 2.18. The molecule has 0 radical (unpaired) electrons. The zero-order valence-corrected chi connectivity index (χ0v) is 13.6. The van der Waals surface area contributed by atoms with Crippen LogP contribution in [0.25, 0.3) is 0 Å². The van der Waals surface area contributed by atoms with Crippen molar-refractivity contribution < 1.29 is 0 Å². The van der Waals surface area contributed by atoms with Crippen molar-refractivity contribution in [3.8, 4) is 0 Å². The molecule has 2 rings (SSSR count). The van der Waals surface area contributed by atoms with E-state index in [2.05, 4.69) is 69.2 Å². The Morgan fingerprint density at radius 3 is 2.48 bits per heavy atom. The smallest absolute Gasteiger partial charge is 0.130 e. The first-order valence-corrected chi connectivity index (χ1v) is 7.35. The standard InChI is InChI=1S/C18H25N3/c1-14-8-6-9-15(12-14)13-21(5)17-11-7-10-16(19-17)20-18(2,3)4/h6-12H,13H2,1-5H3,(H,19,20). The Labute approximate surface area is 128 Å². The second-order valence-electron chi connectivity index (χ2n) is 6.60. The molecule has 0 spiro atoms. The van der Waals surface area contributed by atoms with E-state index in [1.54, 1.807) is 0 Å². The van der Waals surface area contributed by atoms with Gasteiger partial charge in [-0.05, 0) is 45.4 Å². The maximum absolute atomic E-state index is 4.69. The van der Waals surface area contributed by atoms with Crippen LogP contribution in [0.1, 0.15) is 31.9 Å². The van der Waals surface area contributed by atoms with Gasteiger partial charge in [-0.15, -0.1) is 0 Å². The number of nitrogens with one attached hydrogen (secondary N) is 1. The SMILES string of the molecule is Cc1cccc(CN(C)c2cccc(NC(C)(C)C)n2)c1. The molecule has 3 nitrogen and oxygen atoms in total. The maximum atomic E-state index is 4.69. The lowest BCUT2D eigenvalue weighted by molar-refractivity contribution is 0.630. The number of pyridine rings is 1. The Morgan fingerprint density at radius 2 is 1.81 bits per heavy atom. The molecule has 0 fully saturated rings. The number of aryl methyl sites for hydroxylation is 1. The number of anilines is 2. The minimum absolute atomic E-state index is 0.0146. The Morgan fingerprint density at radius 1 is 1.10 bits per heavy atom. The maximum Gasteiger partial charge on any atom is 0.130 e. The minimum Gasteiger partial charge on any atom is -0.365 e. The van der Waals surface area contributed by atoms with Crippen LogP contribution in [0.4, 0.5) is 11.6 Å². The molecule has 0 amide bonds. The van der Waals surface area contributed by atoms with Crippen LogP contribution in [0.5, 0.6) is 0 Å². The molecule has 0 saturated carbocycles. The van der Waals surface area contributed by atoms with Crippen LogP contribution < -0.4 is 10.2 Å². The van der Waals surface area contributed by atoms with Gasteiger partial charge in [0, 0.05) is 19.1 Å². The van der Waals surface area contributed by atoms with Gasteiger partial charge in [0.05, 0.1) is 0 Å². The summed E-state index contributed by atoms with van der Waals surface area (Å²) in [6, 6.07) is 14.7. The predicted molar refractivity (Wildman–Crippen MR) is 90.9 cm³/mol. The summed E-state index contributed by atoms with van der Waals surface area (Å²) in [6.45, 7) is 9.39. The molecule has 0 unspecified atom stereocenters. The lowest BCUT2D eigenvalue weighted by Gasteiger charge is -2.23. The largest absolute Gasteiger partial charge is 0.365 e. The fourth-order valence-electron chi connectivity index (χ4n) is 2.26. The van der Waals surface area contributed by atoms with Gasteiger partial charge in [-0.3, -0.25) is 0 Å². The van der Waals surface area contributed by atoms with Gasteiger partial charge >= 0.3 is 0 Å². The molecule has 3 heteroatoms. The van der Waals surface area contributed by atoms with Gasteiger partial charge in [0.2, 0.25) is 0 Å². The Bertz CT molecular complexity index is 599. The van der Waals surface area contributed by atoms with E-state index >= 15 is 0 Å². The van der Waals surface area contributed by atoms with Crippen molar-refractivity contribution in [3.05, 3.63) is 53.6 Å². The average Bonchev–Trinajstić information content (AvgIpc) is 2.37. The van der Waals surface area contributed by atoms with Gasteiger partial charge in [-0.25, -0.2) is 4.98 Å². The molecule has 0 atom stereocenters. The third kappa shape index (κ3) is 4.78. The third-order valence-corrected chi connectivity index (χ3v) is 3.13. The van der Waals surface area contributed by atoms with Crippen molar-refractivity contribution in [2.24, 2.45) is 0 Å². The molecule has 0 aliphatic rings. The summed E-state index contributed by atoms with van der Waals surface area (Å²) in [5, 5.41) is 3.41. The summed E-state index contributed by atoms with van der Waals surface area (Å²) in [5.74, 6) is 1.89. The zero-order valence-electron chi connectivity index (χ0n) is 13.6. The molecule has 0 aliphatic heterocycles. The number of benzene rings is 1. The first-order chi connectivity index (χ1) is 9.83. The van der Waals surface area contributed by atoms with Crippen LogP contribution in [0.15, 0.2) is 42.5 Å². The second kappa shape index (κ2) is 6.17. The van der Waals surface area contributed by atoms with E-state index in [4.69, 9.17) is 4.98 Å². The second-order valence-corrected chi connectivity index (χ2v) is 6.60. The van der Waals surface area contributed by atoms with Crippen molar-refractivity contribution in [1.82, 2.24) is 4.98 Å². The predicted octanol–water partition coefficient (Wildman–Crippen LogP) is 4.24. The number of nitrogens with zero attached hydrogens (tertiary/aromatic N) is 2. The Balaban J connectivity index is 2.12. The van der Waals surface area contributed by atoms with E-state index in [9.17, 15) is 0 Å². The minimum atomic E-state index is 0.0146. The van der Waals surface area contributed by atoms with E-state index in [1.165, 1.54) is 11.1 Å². The molecule has 0 bridgehead atoms. The number of rotatable bonds is 4. The molecule has 1 heterocycles. The van der Waals surface area contributed by atoms with Crippen molar-refractivity contribution in [3.63, 3.8) is 0 Å². The molecule has 1 aromatic heterocycles. The first kappa shape index (κ1) is 15.4. The fraction of sp³-hybridized carbons (Fsp3) is 0.389. The molecular weight excluding hydrogens is 258 g/mol. The summed E-state index contributed by atoms with van der Waals surface area (Å²) < 4.78 is 0. The van der Waals surface area contributed by atoms with Crippen molar-refractivity contribution >= 4 is 11.6 Å². The number of hydrogen-bond donors (Lipinski definition) is 1. The number of hydrogen-bond acceptors (Lipinski definition) is 3. The Kier molecular flexibility index (Phi) is 4.51. The van der Waals surface area contributed by atoms with Crippen LogP contribution in [-0.2, 0) is 6.54 Å². The molecule has 0 aliphatic carbocycles.